The van der Waals surface area contributed by atoms with Crippen molar-refractivity contribution >= 4 is 11.7 Å². The first-order valence-corrected chi connectivity index (χ1v) is 4.58. The van der Waals surface area contributed by atoms with Gasteiger partial charge in [-0.05, 0) is 19.3 Å². The number of likely N-dealkylation sites (tertiary alicyclic amines) is 1. The van der Waals surface area contributed by atoms with Gasteiger partial charge in [0.2, 0.25) is 5.91 Å². The van der Waals surface area contributed by atoms with Crippen LogP contribution in [0.3, 0.4) is 0 Å². The number of hydrogen-bond donors (Lipinski definition) is 0. The molecular formula is C9H13NO2. The molecule has 1 amide bonds. The van der Waals surface area contributed by atoms with Crippen LogP contribution < -0.4 is 0 Å². The smallest absolute Gasteiger partial charge is 0.226 e. The van der Waals surface area contributed by atoms with Crippen molar-refractivity contribution in [2.24, 2.45) is 5.92 Å². The van der Waals surface area contributed by atoms with E-state index in [4.69, 9.17) is 0 Å². The molecule has 0 aromatic heterocycles. The number of rotatable bonds is 1. The van der Waals surface area contributed by atoms with E-state index in [0.717, 1.165) is 25.8 Å². The minimum absolute atomic E-state index is 0.211. The molecule has 0 radical (unpaired) electrons. The van der Waals surface area contributed by atoms with Gasteiger partial charge in [-0.25, -0.2) is 0 Å². The Labute approximate surface area is 71.7 Å². The number of amides is 1. The molecule has 12 heavy (non-hydrogen) atoms. The molecule has 2 rings (SSSR count). The number of hydrogen-bond acceptors (Lipinski definition) is 2. The summed E-state index contributed by atoms with van der Waals surface area (Å²) >= 11 is 0. The minimum atomic E-state index is 0.211. The van der Waals surface area contributed by atoms with Gasteiger partial charge in [0.15, 0.2) is 5.78 Å². The molecular weight excluding hydrogens is 154 g/mol. The molecule has 0 N–H and O–H groups in total. The average molecular weight is 167 g/mol. The van der Waals surface area contributed by atoms with Gasteiger partial charge in [-0.2, -0.15) is 0 Å². The molecule has 0 atom stereocenters. The Hall–Kier alpha value is -0.860. The maximum Gasteiger partial charge on any atom is 0.226 e. The average Bonchev–Trinajstić information content (AvgIpc) is 2.85. The van der Waals surface area contributed by atoms with E-state index in [1.54, 1.807) is 4.90 Å². The van der Waals surface area contributed by atoms with Gasteiger partial charge < -0.3 is 4.90 Å². The third-order valence-corrected chi connectivity index (χ3v) is 2.49. The van der Waals surface area contributed by atoms with Crippen LogP contribution in [0.2, 0.25) is 0 Å². The summed E-state index contributed by atoms with van der Waals surface area (Å²) in [6, 6.07) is 0. The van der Waals surface area contributed by atoms with Crippen LogP contribution in [0.15, 0.2) is 0 Å². The molecule has 1 aliphatic heterocycles. The van der Waals surface area contributed by atoms with Crippen molar-refractivity contribution in [1.82, 2.24) is 4.90 Å². The minimum Gasteiger partial charge on any atom is -0.335 e. The highest BCUT2D eigenvalue weighted by molar-refractivity contribution is 5.88. The van der Waals surface area contributed by atoms with Crippen molar-refractivity contribution in [3.05, 3.63) is 0 Å². The van der Waals surface area contributed by atoms with E-state index in [1.807, 2.05) is 0 Å². The van der Waals surface area contributed by atoms with Crippen molar-refractivity contribution in [1.29, 1.82) is 0 Å². The van der Waals surface area contributed by atoms with Crippen LogP contribution >= 0.6 is 0 Å². The lowest BCUT2D eigenvalue weighted by atomic mass is 10.1. The first kappa shape index (κ1) is 7.77. The van der Waals surface area contributed by atoms with Crippen LogP contribution in [0.4, 0.5) is 0 Å². The summed E-state index contributed by atoms with van der Waals surface area (Å²) in [7, 11) is 0. The maximum absolute atomic E-state index is 11.5. The third-order valence-electron chi connectivity index (χ3n) is 2.49. The molecule has 66 valence electrons. The maximum atomic E-state index is 11.5. The molecule has 2 fully saturated rings. The highest BCUT2D eigenvalue weighted by atomic mass is 16.2. The first-order valence-electron chi connectivity index (χ1n) is 4.58. The highest BCUT2D eigenvalue weighted by Crippen LogP contribution is 2.31. The first-order chi connectivity index (χ1) is 5.77. The molecule has 2 aliphatic rings. The molecule has 0 unspecified atom stereocenters. The van der Waals surface area contributed by atoms with Crippen LogP contribution in [0.25, 0.3) is 0 Å². The zero-order valence-electron chi connectivity index (χ0n) is 7.08. The largest absolute Gasteiger partial charge is 0.335 e. The second-order valence-electron chi connectivity index (χ2n) is 3.68. The fourth-order valence-corrected chi connectivity index (χ4v) is 1.61. The van der Waals surface area contributed by atoms with E-state index in [2.05, 4.69) is 0 Å². The Bertz CT molecular complexity index is 221. The van der Waals surface area contributed by atoms with Crippen LogP contribution in [0.1, 0.15) is 25.7 Å². The Morgan fingerprint density at radius 2 is 2.17 bits per heavy atom. The zero-order valence-corrected chi connectivity index (χ0v) is 7.08. The van der Waals surface area contributed by atoms with Crippen molar-refractivity contribution in [2.75, 3.05) is 13.1 Å². The molecule has 3 nitrogen and oxygen atoms in total. The van der Waals surface area contributed by atoms with Gasteiger partial charge in [0.25, 0.3) is 0 Å². The van der Waals surface area contributed by atoms with Gasteiger partial charge in [0.05, 0.1) is 6.54 Å². The van der Waals surface area contributed by atoms with Crippen LogP contribution in [0.5, 0.6) is 0 Å². The summed E-state index contributed by atoms with van der Waals surface area (Å²) in [5.74, 6) is 0.689. The lowest BCUT2D eigenvalue weighted by Crippen LogP contribution is -2.40. The number of carbonyl (C=O) groups is 2. The molecule has 0 aromatic carbocycles. The molecule has 0 spiro atoms. The predicted molar refractivity (Wildman–Crippen MR) is 43.5 cm³/mol. The molecule has 1 saturated heterocycles. The fraction of sp³-hybridized carbons (Fsp3) is 0.778. The summed E-state index contributed by atoms with van der Waals surface area (Å²) in [6.07, 6.45) is 3.58. The van der Waals surface area contributed by atoms with Crippen LogP contribution in [0, 0.1) is 5.92 Å². The number of ketones is 1. The van der Waals surface area contributed by atoms with E-state index in [9.17, 15) is 9.59 Å². The number of nitrogens with zero attached hydrogens (tertiary/aromatic N) is 1. The van der Waals surface area contributed by atoms with Crippen LogP contribution in [-0.2, 0) is 9.59 Å². The number of carbonyl (C=O) groups excluding carboxylic acids is 2. The molecule has 3 heteroatoms. The quantitative estimate of drug-likeness (QED) is 0.573. The second-order valence-corrected chi connectivity index (χ2v) is 3.68. The van der Waals surface area contributed by atoms with Crippen molar-refractivity contribution in [3.63, 3.8) is 0 Å². The summed E-state index contributed by atoms with van der Waals surface area (Å²) in [5, 5.41) is 0. The Balaban J connectivity index is 1.93. The van der Waals surface area contributed by atoms with Gasteiger partial charge in [-0.1, -0.05) is 0 Å². The lowest BCUT2D eigenvalue weighted by molar-refractivity contribution is -0.138. The van der Waals surface area contributed by atoms with Gasteiger partial charge >= 0.3 is 0 Å². The summed E-state index contributed by atoms with van der Waals surface area (Å²) in [5.41, 5.74) is 0. The van der Waals surface area contributed by atoms with Crippen molar-refractivity contribution in [2.45, 2.75) is 25.7 Å². The second kappa shape index (κ2) is 2.88. The predicted octanol–water partition coefficient (Wildman–Crippen LogP) is 0.588. The summed E-state index contributed by atoms with van der Waals surface area (Å²) < 4.78 is 0. The standard InChI is InChI=1S/C9H13NO2/c11-8-2-1-5-10(6-8)9(12)7-3-4-7/h7H,1-6H2. The Morgan fingerprint density at radius 3 is 2.75 bits per heavy atom. The van der Waals surface area contributed by atoms with E-state index >= 15 is 0 Å². The van der Waals surface area contributed by atoms with Gasteiger partial charge in [0.1, 0.15) is 0 Å². The third kappa shape index (κ3) is 1.49. The van der Waals surface area contributed by atoms with E-state index in [-0.39, 0.29) is 17.6 Å². The summed E-state index contributed by atoms with van der Waals surface area (Å²) in [6.45, 7) is 1.16. The molecule has 0 aromatic rings. The van der Waals surface area contributed by atoms with Gasteiger partial charge in [0, 0.05) is 18.9 Å². The summed E-state index contributed by atoms with van der Waals surface area (Å²) in [4.78, 5) is 24.2. The monoisotopic (exact) mass is 167 g/mol. The molecule has 1 aliphatic carbocycles. The molecule has 1 heterocycles. The van der Waals surface area contributed by atoms with E-state index in [0.29, 0.717) is 13.0 Å². The van der Waals surface area contributed by atoms with Crippen molar-refractivity contribution in [3.8, 4) is 0 Å². The highest BCUT2D eigenvalue weighted by Gasteiger charge is 2.34. The van der Waals surface area contributed by atoms with Crippen LogP contribution in [-0.4, -0.2) is 29.7 Å². The number of Topliss-reactive ketones (excluding diaryl/α,β-unsaturated/α-hetero) is 1. The Morgan fingerprint density at radius 1 is 1.42 bits per heavy atom. The molecule has 0 bridgehead atoms. The van der Waals surface area contributed by atoms with Gasteiger partial charge in [-0.15, -0.1) is 0 Å². The lowest BCUT2D eigenvalue weighted by Gasteiger charge is -2.25. The van der Waals surface area contributed by atoms with Gasteiger partial charge in [-0.3, -0.25) is 9.59 Å². The fourth-order valence-electron chi connectivity index (χ4n) is 1.61. The molecule has 1 saturated carbocycles. The normalized spacial score (nSPS) is 24.3. The number of piperidine rings is 1. The van der Waals surface area contributed by atoms with Crippen molar-refractivity contribution < 1.29 is 9.59 Å². The SMILES string of the molecule is O=C1CCCN(C(=O)C2CC2)C1. The van der Waals surface area contributed by atoms with E-state index in [1.165, 1.54) is 0 Å². The van der Waals surface area contributed by atoms with E-state index < -0.39 is 0 Å². The Kier molecular flexibility index (Phi) is 1.87. The topological polar surface area (TPSA) is 37.4 Å². The zero-order chi connectivity index (χ0) is 8.55.